The van der Waals surface area contributed by atoms with E-state index >= 15 is 8.78 Å². The molecule has 0 spiro atoms. The molecule has 2 N–H and O–H groups in total. The molecule has 0 bridgehead atoms. The number of hydrogen-bond donors (Lipinski definition) is 2. The molecule has 4 aliphatic heterocycles. The number of rotatable bonds is 6. The molecule has 6 aliphatic rings. The molecule has 356 valence electrons. The lowest BCUT2D eigenvalue weighted by atomic mass is 10.0. The number of benzene rings is 3. The fraction of sp³-hybridized carbons (Fsp3) is 0.585. The van der Waals surface area contributed by atoms with E-state index < -0.39 is 22.8 Å². The largest absolute Gasteiger partial charge is 0.444 e. The minimum atomic E-state index is -0.612. The van der Waals surface area contributed by atoms with Gasteiger partial charge in [-0.1, -0.05) is 25.0 Å². The van der Waals surface area contributed by atoms with Gasteiger partial charge in [-0.15, -0.1) is 0 Å². The molecule has 14 heteroatoms. The Balaban J connectivity index is 0.936. The summed E-state index contributed by atoms with van der Waals surface area (Å²) in [5.74, 6) is 1.25. The fourth-order valence-corrected chi connectivity index (χ4v) is 13.0. The van der Waals surface area contributed by atoms with E-state index in [2.05, 4.69) is 39.1 Å². The number of hydrogen-bond acceptors (Lipinski definition) is 8. The van der Waals surface area contributed by atoms with Gasteiger partial charge in [-0.3, -0.25) is 9.80 Å². The molecule has 8 atom stereocenters. The van der Waals surface area contributed by atoms with Gasteiger partial charge in [0.15, 0.2) is 11.6 Å². The van der Waals surface area contributed by atoms with Gasteiger partial charge in [0.25, 0.3) is 0 Å². The second-order valence-corrected chi connectivity index (χ2v) is 22.4. The maximum Gasteiger partial charge on any atom is 0.411 e. The van der Waals surface area contributed by atoms with Gasteiger partial charge in [0.1, 0.15) is 28.5 Å². The van der Waals surface area contributed by atoms with Crippen LogP contribution in [-0.4, -0.2) is 78.3 Å². The zero-order valence-electron chi connectivity index (χ0n) is 39.9. The average Bonchev–Trinajstić information content (AvgIpc) is 4.12. The topological polar surface area (TPSA) is 123 Å². The number of ether oxygens (including phenoxy) is 2. The van der Waals surface area contributed by atoms with Crippen LogP contribution < -0.4 is 9.80 Å². The third-order valence-corrected chi connectivity index (χ3v) is 15.7. The third kappa shape index (κ3) is 8.17. The molecule has 0 radical (unpaired) electrons. The lowest BCUT2D eigenvalue weighted by molar-refractivity contribution is 0.0120. The highest BCUT2D eigenvalue weighted by Crippen LogP contribution is 2.52. The van der Waals surface area contributed by atoms with Gasteiger partial charge in [-0.2, -0.15) is 0 Å². The summed E-state index contributed by atoms with van der Waals surface area (Å²) < 4.78 is 44.8. The number of piperidine rings is 1. The van der Waals surface area contributed by atoms with Crippen LogP contribution in [0, 0.1) is 23.5 Å². The number of aromatic amines is 2. The molecule has 11 rings (SSSR count). The number of nitrogens with zero attached hydrogens (tertiary/aromatic N) is 6. The number of anilines is 2. The molecule has 4 saturated heterocycles. The van der Waals surface area contributed by atoms with Crippen LogP contribution in [-0.2, 0) is 9.47 Å². The van der Waals surface area contributed by atoms with E-state index in [0.717, 1.165) is 128 Å². The molecule has 2 aromatic heterocycles. The summed E-state index contributed by atoms with van der Waals surface area (Å²) in [6, 6.07) is 15.0. The van der Waals surface area contributed by atoms with Gasteiger partial charge in [0.2, 0.25) is 0 Å². The molecule has 3 unspecified atom stereocenters. The first kappa shape index (κ1) is 44.1. The predicted octanol–water partition coefficient (Wildman–Crippen LogP) is 12.5. The van der Waals surface area contributed by atoms with Crippen LogP contribution in [0.3, 0.4) is 0 Å². The predicted molar refractivity (Wildman–Crippen MR) is 255 cm³/mol. The Morgan fingerprint density at radius 2 is 1.06 bits per heavy atom. The maximum absolute atomic E-state index is 16.4. The molecule has 12 nitrogen and oxygen atoms in total. The molecule has 6 fully saturated rings. The van der Waals surface area contributed by atoms with Crippen LogP contribution in [0.2, 0.25) is 0 Å². The Morgan fingerprint density at radius 1 is 0.597 bits per heavy atom. The van der Waals surface area contributed by atoms with E-state index in [-0.39, 0.29) is 54.1 Å². The quantitative estimate of drug-likeness (QED) is 0.173. The van der Waals surface area contributed by atoms with E-state index in [1.807, 2.05) is 68.4 Å². The Kier molecular flexibility index (Phi) is 11.0. The number of nitrogens with one attached hydrogen (secondary N) is 2. The fourth-order valence-electron chi connectivity index (χ4n) is 13.0. The van der Waals surface area contributed by atoms with Crippen molar-refractivity contribution >= 4 is 45.6 Å². The number of halogens is 2. The van der Waals surface area contributed by atoms with Crippen molar-refractivity contribution in [3.8, 4) is 0 Å². The first-order chi connectivity index (χ1) is 32.1. The smallest absolute Gasteiger partial charge is 0.411 e. The summed E-state index contributed by atoms with van der Waals surface area (Å²) >= 11 is 0. The summed E-state index contributed by atoms with van der Waals surface area (Å²) in [7, 11) is 0. The second kappa shape index (κ2) is 16.7. The van der Waals surface area contributed by atoms with Gasteiger partial charge < -0.3 is 29.2 Å². The summed E-state index contributed by atoms with van der Waals surface area (Å²) in [5.41, 5.74) is 4.68. The SMILES string of the molecule is CC(C)(C)OC(=O)N1C2CCCC2C[C@H]1c1nc2ccc(C3CC[C@H](c4ccc5nc([C@@H]6C[C@@H]7CCC[C@@H]7N6C(=O)OC(C)(C)C)[nH]c5c4)N3c3cc(F)c(N4CCCCC4)c(F)c3)cc2[nH]1. The van der Waals surface area contributed by atoms with Gasteiger partial charge in [-0.25, -0.2) is 28.3 Å². The van der Waals surface area contributed by atoms with Crippen LogP contribution in [0.25, 0.3) is 22.1 Å². The van der Waals surface area contributed by atoms with Crippen molar-refractivity contribution in [2.45, 2.75) is 172 Å². The van der Waals surface area contributed by atoms with Crippen molar-refractivity contribution in [2.24, 2.45) is 11.8 Å². The van der Waals surface area contributed by atoms with Crippen molar-refractivity contribution in [1.82, 2.24) is 29.7 Å². The molecular weight excluding hydrogens is 851 g/mol. The lowest BCUT2D eigenvalue weighted by Gasteiger charge is -2.35. The summed E-state index contributed by atoms with van der Waals surface area (Å²) in [4.78, 5) is 52.8. The van der Waals surface area contributed by atoms with Crippen LogP contribution in [0.5, 0.6) is 0 Å². The number of H-pyrrole nitrogens is 2. The van der Waals surface area contributed by atoms with E-state index in [0.29, 0.717) is 30.6 Å². The Hall–Kier alpha value is -5.40. The zero-order chi connectivity index (χ0) is 46.5. The van der Waals surface area contributed by atoms with Crippen molar-refractivity contribution < 1.29 is 27.8 Å². The molecule has 3 aromatic carbocycles. The third-order valence-electron chi connectivity index (χ3n) is 15.7. The normalized spacial score (nSPS) is 27.7. The van der Waals surface area contributed by atoms with Crippen molar-refractivity contribution in [2.75, 3.05) is 22.9 Å². The minimum Gasteiger partial charge on any atom is -0.444 e. The van der Waals surface area contributed by atoms with E-state index in [4.69, 9.17) is 19.4 Å². The highest BCUT2D eigenvalue weighted by atomic mass is 19.1. The number of aromatic nitrogens is 4. The van der Waals surface area contributed by atoms with Crippen LogP contribution in [0.1, 0.15) is 172 Å². The number of amides is 2. The molecule has 2 aliphatic carbocycles. The second-order valence-electron chi connectivity index (χ2n) is 22.4. The van der Waals surface area contributed by atoms with Crippen LogP contribution >= 0.6 is 0 Å². The molecule has 2 amide bonds. The summed E-state index contributed by atoms with van der Waals surface area (Å²) in [6.07, 6.45) is 11.8. The molecule has 67 heavy (non-hydrogen) atoms. The minimum absolute atomic E-state index is 0.0570. The molecule has 2 saturated carbocycles. The van der Waals surface area contributed by atoms with Crippen molar-refractivity contribution in [1.29, 1.82) is 0 Å². The number of fused-ring (bicyclic) bond motifs is 4. The molecular formula is C53H66F2N8O4. The summed E-state index contributed by atoms with van der Waals surface area (Å²) in [6.45, 7) is 12.7. The average molecular weight is 917 g/mol. The van der Waals surface area contributed by atoms with E-state index in [9.17, 15) is 9.59 Å². The first-order valence-corrected chi connectivity index (χ1v) is 25.1. The molecule has 5 aromatic rings. The first-order valence-electron chi connectivity index (χ1n) is 25.1. The highest BCUT2D eigenvalue weighted by molar-refractivity contribution is 5.79. The number of likely N-dealkylation sites (tertiary alicyclic amines) is 2. The Bertz CT molecular complexity index is 2530. The van der Waals surface area contributed by atoms with Crippen molar-refractivity contribution in [3.05, 3.63) is 82.9 Å². The number of imidazole rings is 2. The van der Waals surface area contributed by atoms with Crippen molar-refractivity contribution in [3.63, 3.8) is 0 Å². The van der Waals surface area contributed by atoms with Gasteiger partial charge in [-0.05, 0) is 172 Å². The highest BCUT2D eigenvalue weighted by Gasteiger charge is 2.50. The van der Waals surface area contributed by atoms with Gasteiger partial charge in [0, 0.05) is 30.9 Å². The van der Waals surface area contributed by atoms with E-state index in [1.54, 1.807) is 0 Å². The van der Waals surface area contributed by atoms with Gasteiger partial charge in [0.05, 0.1) is 46.2 Å². The maximum atomic E-state index is 16.4. The number of carbonyl (C=O) groups excluding carboxylic acids is 2. The van der Waals surface area contributed by atoms with E-state index in [1.165, 1.54) is 12.1 Å². The zero-order valence-corrected chi connectivity index (χ0v) is 39.9. The standard InChI is InChI=1S/C53H66F2N8O4/c1-52(2,3)66-50(64)62-41-14-10-12-30(41)26-45(62)48-56-37-18-16-32(24-39(37)58-48)43-20-21-44(61(43)34-28-35(54)47(36(55)29-34)60-22-8-7-9-23-60)33-17-19-38-40(25-33)59-49(57-38)46-27-31-13-11-15-42(31)63(46)51(65)67-53(4,5)6/h16-19,24-25,28-31,41-46H,7-15,20-23,26-27H2,1-6H3,(H,56,58)(H,57,59)/t30-,31?,41-,42?,43+,44?,45-,46-/m0/s1. The Morgan fingerprint density at radius 3 is 1.51 bits per heavy atom. The Labute approximate surface area is 392 Å². The van der Waals surface area contributed by atoms with Gasteiger partial charge >= 0.3 is 12.2 Å². The summed E-state index contributed by atoms with van der Waals surface area (Å²) in [5, 5.41) is 0. The molecule has 6 heterocycles. The van der Waals surface area contributed by atoms with Crippen LogP contribution in [0.15, 0.2) is 48.5 Å². The van der Waals surface area contributed by atoms with Crippen LogP contribution in [0.4, 0.5) is 29.7 Å². The lowest BCUT2D eigenvalue weighted by Crippen LogP contribution is -2.41. The number of carbonyl (C=O) groups is 2. The monoisotopic (exact) mass is 917 g/mol.